The topological polar surface area (TPSA) is 49.4 Å². The summed E-state index contributed by atoms with van der Waals surface area (Å²) in [4.78, 5) is 26.1. The fraction of sp³-hybridized carbons (Fsp3) is 0.364. The van der Waals surface area contributed by atoms with Gasteiger partial charge in [-0.2, -0.15) is 0 Å². The quantitative estimate of drug-likeness (QED) is 0.828. The Labute approximate surface area is 156 Å². The zero-order valence-electron chi connectivity index (χ0n) is 16.1. The molecule has 0 spiro atoms. The third-order valence-electron chi connectivity index (χ3n) is 4.46. The second kappa shape index (κ2) is 9.18. The van der Waals surface area contributed by atoms with E-state index in [1.165, 1.54) is 0 Å². The maximum absolute atomic E-state index is 12.2. The summed E-state index contributed by atoms with van der Waals surface area (Å²) in [6.07, 6.45) is 1.22. The SMILES string of the molecule is CCc1cccc(C)c1N(CCNC(=O)Cc1cccc(C)c1)C(C)=O. The highest BCUT2D eigenvalue weighted by Crippen LogP contribution is 2.25. The summed E-state index contributed by atoms with van der Waals surface area (Å²) >= 11 is 0. The Morgan fingerprint density at radius 1 is 1.08 bits per heavy atom. The van der Waals surface area contributed by atoms with E-state index < -0.39 is 0 Å². The van der Waals surface area contributed by atoms with Crippen molar-refractivity contribution in [2.75, 3.05) is 18.0 Å². The highest BCUT2D eigenvalue weighted by atomic mass is 16.2. The number of hydrogen-bond donors (Lipinski definition) is 1. The van der Waals surface area contributed by atoms with Gasteiger partial charge in [0.2, 0.25) is 11.8 Å². The number of nitrogens with zero attached hydrogens (tertiary/aromatic N) is 1. The number of amides is 2. The van der Waals surface area contributed by atoms with Crippen molar-refractivity contribution >= 4 is 17.5 Å². The van der Waals surface area contributed by atoms with Crippen molar-refractivity contribution in [1.82, 2.24) is 5.32 Å². The Bertz CT molecular complexity index is 783. The Kier molecular flexibility index (Phi) is 6.96. The number of rotatable bonds is 7. The molecule has 0 saturated carbocycles. The van der Waals surface area contributed by atoms with E-state index in [4.69, 9.17) is 0 Å². The van der Waals surface area contributed by atoms with Crippen LogP contribution in [0.4, 0.5) is 5.69 Å². The van der Waals surface area contributed by atoms with Gasteiger partial charge in [-0.15, -0.1) is 0 Å². The molecule has 138 valence electrons. The molecule has 0 heterocycles. The van der Waals surface area contributed by atoms with Gasteiger partial charge >= 0.3 is 0 Å². The monoisotopic (exact) mass is 352 g/mol. The second-order valence-corrected chi connectivity index (χ2v) is 6.62. The minimum absolute atomic E-state index is 0.0121. The van der Waals surface area contributed by atoms with E-state index in [2.05, 4.69) is 18.3 Å². The molecule has 2 aromatic carbocycles. The molecule has 4 heteroatoms. The van der Waals surface area contributed by atoms with Gasteiger partial charge in [0, 0.05) is 25.7 Å². The van der Waals surface area contributed by atoms with Crippen LogP contribution in [-0.2, 0) is 22.4 Å². The first-order chi connectivity index (χ1) is 12.4. The lowest BCUT2D eigenvalue weighted by Gasteiger charge is -2.26. The molecule has 1 N–H and O–H groups in total. The molecule has 2 rings (SSSR count). The largest absolute Gasteiger partial charge is 0.354 e. The predicted octanol–water partition coefficient (Wildman–Crippen LogP) is 3.58. The molecule has 0 saturated heterocycles. The van der Waals surface area contributed by atoms with Crippen LogP contribution in [0.25, 0.3) is 0 Å². The van der Waals surface area contributed by atoms with Gasteiger partial charge in [-0.25, -0.2) is 0 Å². The molecular formula is C22H28N2O2. The number of carbonyl (C=O) groups excluding carboxylic acids is 2. The molecule has 0 radical (unpaired) electrons. The van der Waals surface area contributed by atoms with Crippen LogP contribution in [0.15, 0.2) is 42.5 Å². The average molecular weight is 352 g/mol. The van der Waals surface area contributed by atoms with Crippen molar-refractivity contribution in [3.05, 3.63) is 64.7 Å². The number of benzene rings is 2. The molecule has 2 aromatic rings. The van der Waals surface area contributed by atoms with Crippen molar-refractivity contribution in [3.63, 3.8) is 0 Å². The molecule has 0 aliphatic carbocycles. The van der Waals surface area contributed by atoms with E-state index in [0.29, 0.717) is 19.5 Å². The van der Waals surface area contributed by atoms with Gasteiger partial charge in [-0.1, -0.05) is 55.0 Å². The van der Waals surface area contributed by atoms with Gasteiger partial charge in [0.05, 0.1) is 6.42 Å². The van der Waals surface area contributed by atoms with Gasteiger partial charge in [0.15, 0.2) is 0 Å². The Morgan fingerprint density at radius 2 is 1.81 bits per heavy atom. The summed E-state index contributed by atoms with van der Waals surface area (Å²) in [5.41, 5.74) is 5.33. The summed E-state index contributed by atoms with van der Waals surface area (Å²) in [5.74, 6) is -0.0402. The van der Waals surface area contributed by atoms with E-state index in [1.54, 1.807) is 11.8 Å². The van der Waals surface area contributed by atoms with Crippen LogP contribution >= 0.6 is 0 Å². The van der Waals surface area contributed by atoms with Gasteiger partial charge in [-0.05, 0) is 37.0 Å². The third kappa shape index (κ3) is 5.19. The summed E-state index contributed by atoms with van der Waals surface area (Å²) in [6.45, 7) is 8.58. The average Bonchev–Trinajstić information content (AvgIpc) is 2.59. The van der Waals surface area contributed by atoms with Crippen LogP contribution in [0.5, 0.6) is 0 Å². The van der Waals surface area contributed by atoms with Crippen molar-refractivity contribution in [2.24, 2.45) is 0 Å². The van der Waals surface area contributed by atoms with Gasteiger partial charge in [0.25, 0.3) is 0 Å². The smallest absolute Gasteiger partial charge is 0.224 e. The Morgan fingerprint density at radius 3 is 2.46 bits per heavy atom. The standard InChI is InChI=1S/C22H28N2O2/c1-5-20-11-7-9-17(3)22(20)24(18(4)25)13-12-23-21(26)15-19-10-6-8-16(2)14-19/h6-11,14H,5,12-13,15H2,1-4H3,(H,23,26). The zero-order valence-corrected chi connectivity index (χ0v) is 16.1. The normalized spacial score (nSPS) is 10.5. The Balaban J connectivity index is 1.99. The number of nitrogens with one attached hydrogen (secondary N) is 1. The molecule has 4 nitrogen and oxygen atoms in total. The van der Waals surface area contributed by atoms with Crippen LogP contribution < -0.4 is 10.2 Å². The third-order valence-corrected chi connectivity index (χ3v) is 4.46. The lowest BCUT2D eigenvalue weighted by atomic mass is 10.0. The van der Waals surface area contributed by atoms with Crippen molar-refractivity contribution in [2.45, 2.75) is 40.5 Å². The molecule has 2 amide bonds. The maximum Gasteiger partial charge on any atom is 0.224 e. The van der Waals surface area contributed by atoms with Crippen LogP contribution in [0.2, 0.25) is 0 Å². The molecule has 26 heavy (non-hydrogen) atoms. The zero-order chi connectivity index (χ0) is 19.1. The number of aryl methyl sites for hydroxylation is 3. The van der Waals surface area contributed by atoms with E-state index in [9.17, 15) is 9.59 Å². The van der Waals surface area contributed by atoms with Crippen molar-refractivity contribution in [3.8, 4) is 0 Å². The summed E-state index contributed by atoms with van der Waals surface area (Å²) in [7, 11) is 0. The molecule has 0 aliphatic rings. The Hall–Kier alpha value is -2.62. The number of anilines is 1. The summed E-state index contributed by atoms with van der Waals surface area (Å²) < 4.78 is 0. The summed E-state index contributed by atoms with van der Waals surface area (Å²) in [5, 5.41) is 2.93. The first kappa shape index (κ1) is 19.7. The highest BCUT2D eigenvalue weighted by molar-refractivity contribution is 5.93. The van der Waals surface area contributed by atoms with Gasteiger partial charge in [0.1, 0.15) is 0 Å². The molecule has 0 aromatic heterocycles. The molecule has 0 fully saturated rings. The van der Waals surface area contributed by atoms with Crippen molar-refractivity contribution < 1.29 is 9.59 Å². The maximum atomic E-state index is 12.2. The van der Waals surface area contributed by atoms with E-state index in [-0.39, 0.29) is 11.8 Å². The van der Waals surface area contributed by atoms with E-state index >= 15 is 0 Å². The minimum Gasteiger partial charge on any atom is -0.354 e. The molecule has 0 bridgehead atoms. The van der Waals surface area contributed by atoms with Crippen LogP contribution in [0, 0.1) is 13.8 Å². The van der Waals surface area contributed by atoms with Gasteiger partial charge in [-0.3, -0.25) is 9.59 Å². The predicted molar refractivity (Wildman–Crippen MR) is 106 cm³/mol. The van der Waals surface area contributed by atoms with Crippen LogP contribution in [0.1, 0.15) is 36.1 Å². The number of carbonyl (C=O) groups is 2. The molecule has 0 unspecified atom stereocenters. The van der Waals surface area contributed by atoms with Crippen LogP contribution in [-0.4, -0.2) is 24.9 Å². The van der Waals surface area contributed by atoms with E-state index in [0.717, 1.165) is 34.4 Å². The fourth-order valence-electron chi connectivity index (χ4n) is 3.20. The lowest BCUT2D eigenvalue weighted by Crippen LogP contribution is -2.38. The first-order valence-corrected chi connectivity index (χ1v) is 9.11. The summed E-state index contributed by atoms with van der Waals surface area (Å²) in [6, 6.07) is 14.0. The number of para-hydroxylation sites is 1. The van der Waals surface area contributed by atoms with E-state index in [1.807, 2.05) is 50.2 Å². The fourth-order valence-corrected chi connectivity index (χ4v) is 3.20. The minimum atomic E-state index is -0.0281. The molecule has 0 aliphatic heterocycles. The highest BCUT2D eigenvalue weighted by Gasteiger charge is 2.17. The second-order valence-electron chi connectivity index (χ2n) is 6.62. The first-order valence-electron chi connectivity index (χ1n) is 9.11. The van der Waals surface area contributed by atoms with Crippen LogP contribution in [0.3, 0.4) is 0 Å². The van der Waals surface area contributed by atoms with Crippen molar-refractivity contribution in [1.29, 1.82) is 0 Å². The van der Waals surface area contributed by atoms with Gasteiger partial charge < -0.3 is 10.2 Å². The lowest BCUT2D eigenvalue weighted by molar-refractivity contribution is -0.121. The molecule has 0 atom stereocenters. The number of hydrogen-bond acceptors (Lipinski definition) is 2. The molecular weight excluding hydrogens is 324 g/mol.